The maximum atomic E-state index is 13.2. The van der Waals surface area contributed by atoms with E-state index < -0.39 is 5.82 Å². The summed E-state index contributed by atoms with van der Waals surface area (Å²) in [6.45, 7) is 2.76. The first-order valence-electron chi connectivity index (χ1n) is 6.90. The highest BCUT2D eigenvalue weighted by Gasteiger charge is 2.08. The predicted octanol–water partition coefficient (Wildman–Crippen LogP) is 4.60. The van der Waals surface area contributed by atoms with Crippen molar-refractivity contribution in [2.75, 3.05) is 17.2 Å². The lowest BCUT2D eigenvalue weighted by Crippen LogP contribution is -2.04. The summed E-state index contributed by atoms with van der Waals surface area (Å²) in [5, 5.41) is 7.27. The van der Waals surface area contributed by atoms with Crippen molar-refractivity contribution in [3.8, 4) is 0 Å². The Balaban J connectivity index is 2.01. The molecule has 0 aliphatic heterocycles. The van der Waals surface area contributed by atoms with Crippen LogP contribution in [0.4, 0.5) is 21.8 Å². The minimum Gasteiger partial charge on any atom is -0.370 e. The quantitative estimate of drug-likeness (QED) is 0.738. The second kappa shape index (κ2) is 6.15. The highest BCUT2D eigenvalue weighted by atomic mass is 35.5. The lowest BCUT2D eigenvalue weighted by molar-refractivity contribution is 0.628. The first kappa shape index (κ1) is 14.5. The van der Waals surface area contributed by atoms with E-state index in [0.29, 0.717) is 11.6 Å². The summed E-state index contributed by atoms with van der Waals surface area (Å²) in [5.74, 6) is 0.723. The zero-order valence-electron chi connectivity index (χ0n) is 11.9. The first-order chi connectivity index (χ1) is 10.7. The van der Waals surface area contributed by atoms with Crippen LogP contribution in [0.5, 0.6) is 0 Å². The van der Waals surface area contributed by atoms with Crippen molar-refractivity contribution in [3.63, 3.8) is 0 Å². The maximum Gasteiger partial charge on any atom is 0.229 e. The van der Waals surface area contributed by atoms with Gasteiger partial charge in [-0.05, 0) is 37.3 Å². The molecule has 6 heteroatoms. The highest BCUT2D eigenvalue weighted by Crippen LogP contribution is 2.25. The van der Waals surface area contributed by atoms with Gasteiger partial charge in [-0.2, -0.15) is 4.98 Å². The molecule has 0 aliphatic rings. The summed E-state index contributed by atoms with van der Waals surface area (Å²) < 4.78 is 13.2. The van der Waals surface area contributed by atoms with Crippen molar-refractivity contribution < 1.29 is 4.39 Å². The van der Waals surface area contributed by atoms with Gasteiger partial charge in [-0.3, -0.25) is 0 Å². The van der Waals surface area contributed by atoms with Crippen molar-refractivity contribution in [1.82, 2.24) is 9.97 Å². The molecule has 1 aromatic heterocycles. The normalized spacial score (nSPS) is 10.7. The number of para-hydroxylation sites is 1. The Hall–Kier alpha value is -2.40. The van der Waals surface area contributed by atoms with Gasteiger partial charge in [0.1, 0.15) is 11.6 Å². The molecule has 0 bridgehead atoms. The van der Waals surface area contributed by atoms with Crippen LogP contribution in [0.25, 0.3) is 10.9 Å². The molecule has 0 unspecified atom stereocenters. The Bertz CT molecular complexity index is 822. The van der Waals surface area contributed by atoms with Gasteiger partial charge in [0.15, 0.2) is 0 Å². The second-order valence-electron chi connectivity index (χ2n) is 4.70. The Labute approximate surface area is 132 Å². The van der Waals surface area contributed by atoms with Gasteiger partial charge in [0.05, 0.1) is 10.5 Å². The van der Waals surface area contributed by atoms with Crippen LogP contribution in [0.15, 0.2) is 42.5 Å². The molecule has 3 aromatic rings. The van der Waals surface area contributed by atoms with E-state index in [-0.39, 0.29) is 5.02 Å². The van der Waals surface area contributed by atoms with E-state index in [9.17, 15) is 4.39 Å². The molecule has 0 saturated carbocycles. The fourth-order valence-corrected chi connectivity index (χ4v) is 2.32. The Kier molecular flexibility index (Phi) is 4.06. The van der Waals surface area contributed by atoms with E-state index in [0.717, 1.165) is 23.3 Å². The molecule has 0 amide bonds. The van der Waals surface area contributed by atoms with Crippen molar-refractivity contribution in [2.24, 2.45) is 0 Å². The van der Waals surface area contributed by atoms with Crippen molar-refractivity contribution in [1.29, 1.82) is 0 Å². The van der Waals surface area contributed by atoms with Crippen LogP contribution in [0.2, 0.25) is 5.02 Å². The molecule has 2 N–H and O–H groups in total. The Morgan fingerprint density at radius 2 is 1.95 bits per heavy atom. The van der Waals surface area contributed by atoms with Gasteiger partial charge >= 0.3 is 0 Å². The average Bonchev–Trinajstić information content (AvgIpc) is 2.51. The smallest absolute Gasteiger partial charge is 0.229 e. The standard InChI is InChI=1S/C16H14ClFN4/c1-2-19-15-11-5-3-4-6-14(11)21-16(22-15)20-10-7-8-13(18)12(17)9-10/h3-9H,2H2,1H3,(H2,19,20,21,22). The van der Waals surface area contributed by atoms with Crippen LogP contribution >= 0.6 is 11.6 Å². The monoisotopic (exact) mass is 316 g/mol. The number of hydrogen-bond acceptors (Lipinski definition) is 4. The first-order valence-corrected chi connectivity index (χ1v) is 7.28. The van der Waals surface area contributed by atoms with Crippen molar-refractivity contribution in [2.45, 2.75) is 6.92 Å². The number of hydrogen-bond donors (Lipinski definition) is 2. The zero-order valence-corrected chi connectivity index (χ0v) is 12.7. The fourth-order valence-electron chi connectivity index (χ4n) is 2.14. The van der Waals surface area contributed by atoms with Gasteiger partial charge in [-0.1, -0.05) is 23.7 Å². The third kappa shape index (κ3) is 2.94. The maximum absolute atomic E-state index is 13.2. The SMILES string of the molecule is CCNc1nc(Nc2ccc(F)c(Cl)c2)nc2ccccc12. The van der Waals surface area contributed by atoms with Crippen molar-refractivity contribution in [3.05, 3.63) is 53.3 Å². The molecular formula is C16H14ClFN4. The van der Waals surface area contributed by atoms with E-state index in [2.05, 4.69) is 20.6 Å². The molecule has 3 rings (SSSR count). The summed E-state index contributed by atoms with van der Waals surface area (Å²) in [7, 11) is 0. The third-order valence-electron chi connectivity index (χ3n) is 3.12. The van der Waals surface area contributed by atoms with Crippen LogP contribution in [0.3, 0.4) is 0 Å². The van der Waals surface area contributed by atoms with Gasteiger partial charge in [0.25, 0.3) is 0 Å². The number of benzene rings is 2. The van der Waals surface area contributed by atoms with E-state index in [1.807, 2.05) is 31.2 Å². The molecule has 0 atom stereocenters. The number of aromatic nitrogens is 2. The third-order valence-corrected chi connectivity index (χ3v) is 3.41. The molecule has 2 aromatic carbocycles. The van der Waals surface area contributed by atoms with Gasteiger partial charge in [-0.15, -0.1) is 0 Å². The number of nitrogens with one attached hydrogen (secondary N) is 2. The summed E-state index contributed by atoms with van der Waals surface area (Å²) in [4.78, 5) is 8.93. The van der Waals surface area contributed by atoms with Crippen molar-refractivity contribution >= 4 is 40.0 Å². The van der Waals surface area contributed by atoms with E-state index in [4.69, 9.17) is 11.6 Å². The summed E-state index contributed by atoms with van der Waals surface area (Å²) in [6, 6.07) is 12.1. The summed E-state index contributed by atoms with van der Waals surface area (Å²) in [5.41, 5.74) is 1.45. The van der Waals surface area contributed by atoms with Gasteiger partial charge in [0, 0.05) is 17.6 Å². The van der Waals surface area contributed by atoms with Gasteiger partial charge in [-0.25, -0.2) is 9.37 Å². The molecule has 0 aliphatic carbocycles. The largest absolute Gasteiger partial charge is 0.370 e. The highest BCUT2D eigenvalue weighted by molar-refractivity contribution is 6.31. The molecule has 0 spiro atoms. The molecule has 22 heavy (non-hydrogen) atoms. The van der Waals surface area contributed by atoms with Crippen LogP contribution in [-0.4, -0.2) is 16.5 Å². The van der Waals surface area contributed by atoms with E-state index in [1.54, 1.807) is 6.07 Å². The average molecular weight is 317 g/mol. The molecular weight excluding hydrogens is 303 g/mol. The van der Waals surface area contributed by atoms with Crippen LogP contribution < -0.4 is 10.6 Å². The van der Waals surface area contributed by atoms with Crippen LogP contribution in [-0.2, 0) is 0 Å². The predicted molar refractivity (Wildman–Crippen MR) is 88.4 cm³/mol. The molecule has 112 valence electrons. The molecule has 0 radical (unpaired) electrons. The Morgan fingerprint density at radius 1 is 1.14 bits per heavy atom. The van der Waals surface area contributed by atoms with E-state index >= 15 is 0 Å². The topological polar surface area (TPSA) is 49.8 Å². The lowest BCUT2D eigenvalue weighted by atomic mass is 10.2. The molecule has 4 nitrogen and oxygen atoms in total. The number of fused-ring (bicyclic) bond motifs is 1. The van der Waals surface area contributed by atoms with Crippen LogP contribution in [0.1, 0.15) is 6.92 Å². The van der Waals surface area contributed by atoms with Gasteiger partial charge < -0.3 is 10.6 Å². The summed E-state index contributed by atoms with van der Waals surface area (Å²) >= 11 is 5.79. The molecule has 0 saturated heterocycles. The number of rotatable bonds is 4. The molecule has 0 fully saturated rings. The van der Waals surface area contributed by atoms with Crippen LogP contribution in [0, 0.1) is 5.82 Å². The second-order valence-corrected chi connectivity index (χ2v) is 5.10. The zero-order chi connectivity index (χ0) is 15.5. The number of nitrogens with zero attached hydrogens (tertiary/aromatic N) is 2. The van der Waals surface area contributed by atoms with Gasteiger partial charge in [0.2, 0.25) is 5.95 Å². The minimum absolute atomic E-state index is 0.0534. The number of halogens is 2. The lowest BCUT2D eigenvalue weighted by Gasteiger charge is -2.11. The summed E-state index contributed by atoms with van der Waals surface area (Å²) in [6.07, 6.45) is 0. The number of anilines is 3. The fraction of sp³-hybridized carbons (Fsp3) is 0.125. The Morgan fingerprint density at radius 3 is 2.73 bits per heavy atom. The molecule has 1 heterocycles. The van der Waals surface area contributed by atoms with E-state index in [1.165, 1.54) is 12.1 Å². The minimum atomic E-state index is -0.458.